The van der Waals surface area contributed by atoms with Crippen LogP contribution in [0.25, 0.3) is 0 Å². The molecule has 0 spiro atoms. The molecule has 1 N–H and O–H groups in total. The normalized spacial score (nSPS) is 16.8. The molecule has 2 amide bonds. The lowest BCUT2D eigenvalue weighted by Gasteiger charge is -2.16. The highest BCUT2D eigenvalue weighted by Crippen LogP contribution is 2.16. The van der Waals surface area contributed by atoms with Gasteiger partial charge in [0, 0.05) is 25.6 Å². The number of ether oxygens (including phenoxy) is 2. The summed E-state index contributed by atoms with van der Waals surface area (Å²) < 4.78 is 33.4. The highest BCUT2D eigenvalue weighted by molar-refractivity contribution is 5.77. The van der Waals surface area contributed by atoms with Gasteiger partial charge in [0.05, 0.1) is 6.61 Å². The third-order valence-corrected chi connectivity index (χ3v) is 3.87. The lowest BCUT2D eigenvalue weighted by molar-refractivity contribution is -0.121. The van der Waals surface area contributed by atoms with Crippen LogP contribution < -0.4 is 10.1 Å². The van der Waals surface area contributed by atoms with E-state index >= 15 is 0 Å². The Hall–Kier alpha value is -2.38. The summed E-state index contributed by atoms with van der Waals surface area (Å²) in [4.78, 5) is 25.2. The first-order valence-corrected chi connectivity index (χ1v) is 8.22. The molecule has 0 unspecified atom stereocenters. The second kappa shape index (κ2) is 9.19. The summed E-state index contributed by atoms with van der Waals surface area (Å²) in [7, 11) is 0. The fourth-order valence-corrected chi connectivity index (χ4v) is 2.65. The Morgan fingerprint density at radius 3 is 2.68 bits per heavy atom. The maximum atomic E-state index is 12.1. The van der Waals surface area contributed by atoms with Gasteiger partial charge in [-0.3, -0.25) is 4.79 Å². The van der Waals surface area contributed by atoms with Crippen molar-refractivity contribution in [2.45, 2.75) is 38.8 Å². The third kappa shape index (κ3) is 6.21. The van der Waals surface area contributed by atoms with Gasteiger partial charge in [0.15, 0.2) is 0 Å². The number of nitrogens with zero attached hydrogens (tertiary/aromatic N) is 1. The fraction of sp³-hybridized carbons (Fsp3) is 0.529. The smallest absolute Gasteiger partial charge is 0.409 e. The van der Waals surface area contributed by atoms with Crippen LogP contribution in [0.1, 0.15) is 25.3 Å². The molecule has 1 aliphatic rings. The Morgan fingerprint density at radius 1 is 1.32 bits per heavy atom. The van der Waals surface area contributed by atoms with Crippen molar-refractivity contribution in [2.75, 3.05) is 19.7 Å². The Kier molecular flexibility index (Phi) is 6.97. The van der Waals surface area contributed by atoms with Crippen LogP contribution >= 0.6 is 0 Å². The predicted molar refractivity (Wildman–Crippen MR) is 86.5 cm³/mol. The number of halogens is 2. The second-order valence-corrected chi connectivity index (χ2v) is 5.72. The zero-order chi connectivity index (χ0) is 18.2. The van der Waals surface area contributed by atoms with Crippen molar-refractivity contribution in [2.24, 2.45) is 0 Å². The number of nitrogens with one attached hydrogen (secondary N) is 1. The molecule has 8 heteroatoms. The number of carbonyl (C=O) groups excluding carboxylic acids is 2. The average Bonchev–Trinajstić information content (AvgIpc) is 3.02. The van der Waals surface area contributed by atoms with E-state index in [1.54, 1.807) is 24.0 Å². The lowest BCUT2D eigenvalue weighted by atomic mass is 10.1. The zero-order valence-electron chi connectivity index (χ0n) is 14.0. The molecule has 1 saturated heterocycles. The second-order valence-electron chi connectivity index (χ2n) is 5.72. The van der Waals surface area contributed by atoms with Gasteiger partial charge >= 0.3 is 12.7 Å². The molecule has 1 aromatic rings. The molecule has 0 bridgehead atoms. The predicted octanol–water partition coefficient (Wildman–Crippen LogP) is 2.57. The van der Waals surface area contributed by atoms with Crippen molar-refractivity contribution in [1.29, 1.82) is 0 Å². The van der Waals surface area contributed by atoms with Crippen molar-refractivity contribution in [3.8, 4) is 5.75 Å². The molecule has 0 saturated carbocycles. The fourth-order valence-electron chi connectivity index (χ4n) is 2.65. The lowest BCUT2D eigenvalue weighted by Crippen LogP contribution is -2.38. The minimum absolute atomic E-state index is 0.0706. The minimum Gasteiger partial charge on any atom is -0.450 e. The first kappa shape index (κ1) is 19.0. The van der Waals surface area contributed by atoms with Gasteiger partial charge in [-0.25, -0.2) is 4.79 Å². The molecule has 25 heavy (non-hydrogen) atoms. The molecule has 2 rings (SSSR count). The zero-order valence-corrected chi connectivity index (χ0v) is 14.0. The van der Waals surface area contributed by atoms with Crippen LogP contribution in [0.2, 0.25) is 0 Å². The minimum atomic E-state index is -2.85. The number of carbonyl (C=O) groups is 2. The summed E-state index contributed by atoms with van der Waals surface area (Å²) in [5.41, 5.74) is 0.858. The van der Waals surface area contributed by atoms with E-state index in [0.29, 0.717) is 32.5 Å². The maximum Gasteiger partial charge on any atom is 0.409 e. The average molecular weight is 356 g/mol. The number of likely N-dealkylation sites (tertiary alicyclic amines) is 1. The Bertz CT molecular complexity index is 581. The van der Waals surface area contributed by atoms with Crippen LogP contribution in [-0.4, -0.2) is 49.3 Å². The molecule has 1 atom stereocenters. The molecule has 1 heterocycles. The molecule has 1 aliphatic heterocycles. The van der Waals surface area contributed by atoms with Crippen LogP contribution in [0.3, 0.4) is 0 Å². The number of alkyl halides is 2. The highest BCUT2D eigenvalue weighted by atomic mass is 19.3. The van der Waals surface area contributed by atoms with Gasteiger partial charge in [0.2, 0.25) is 5.91 Å². The van der Waals surface area contributed by atoms with Crippen LogP contribution in [-0.2, 0) is 16.0 Å². The summed E-state index contributed by atoms with van der Waals surface area (Å²) >= 11 is 0. The molecule has 6 nitrogen and oxygen atoms in total. The molecule has 0 aromatic heterocycles. The number of rotatable bonds is 7. The summed E-state index contributed by atoms with van der Waals surface area (Å²) in [5.74, 6) is -0.0168. The van der Waals surface area contributed by atoms with Crippen LogP contribution in [0.4, 0.5) is 13.6 Å². The van der Waals surface area contributed by atoms with Gasteiger partial charge < -0.3 is 19.7 Å². The third-order valence-electron chi connectivity index (χ3n) is 3.87. The molecular formula is C17H22F2N2O4. The number of aryl methyl sites for hydroxylation is 1. The van der Waals surface area contributed by atoms with Gasteiger partial charge in [-0.2, -0.15) is 8.78 Å². The van der Waals surface area contributed by atoms with Crippen molar-refractivity contribution in [3.63, 3.8) is 0 Å². The monoisotopic (exact) mass is 356 g/mol. The Balaban J connectivity index is 1.71. The number of benzene rings is 1. The van der Waals surface area contributed by atoms with Crippen molar-refractivity contribution in [1.82, 2.24) is 10.2 Å². The SMILES string of the molecule is CCOC(=O)N1CC[C@H](NC(=O)CCc2ccc(OC(F)F)cc2)C1. The quantitative estimate of drug-likeness (QED) is 0.815. The van der Waals surface area contributed by atoms with E-state index in [4.69, 9.17) is 4.74 Å². The van der Waals surface area contributed by atoms with Crippen molar-refractivity contribution < 1.29 is 27.8 Å². The van der Waals surface area contributed by atoms with Gasteiger partial charge in [0.1, 0.15) is 5.75 Å². The number of hydrogen-bond donors (Lipinski definition) is 1. The summed E-state index contributed by atoms with van der Waals surface area (Å²) in [6, 6.07) is 6.14. The van der Waals surface area contributed by atoms with E-state index in [2.05, 4.69) is 10.1 Å². The molecular weight excluding hydrogens is 334 g/mol. The first-order valence-electron chi connectivity index (χ1n) is 8.22. The Morgan fingerprint density at radius 2 is 2.04 bits per heavy atom. The van der Waals surface area contributed by atoms with E-state index in [1.807, 2.05) is 0 Å². The van der Waals surface area contributed by atoms with E-state index in [9.17, 15) is 18.4 Å². The van der Waals surface area contributed by atoms with E-state index in [1.165, 1.54) is 12.1 Å². The summed E-state index contributed by atoms with van der Waals surface area (Å²) in [6.07, 6.45) is 1.12. The topological polar surface area (TPSA) is 67.9 Å². The number of amides is 2. The van der Waals surface area contributed by atoms with Crippen molar-refractivity contribution in [3.05, 3.63) is 29.8 Å². The standard InChI is InChI=1S/C17H22F2N2O4/c1-2-24-17(23)21-10-9-13(11-21)20-15(22)8-5-12-3-6-14(7-4-12)25-16(18)19/h3-4,6-7,13,16H,2,5,8-11H2,1H3,(H,20,22)/t13-/m0/s1. The number of hydrogen-bond acceptors (Lipinski definition) is 4. The molecule has 1 fully saturated rings. The summed E-state index contributed by atoms with van der Waals surface area (Å²) in [6.45, 7) is 0.240. The van der Waals surface area contributed by atoms with Crippen LogP contribution in [0.15, 0.2) is 24.3 Å². The highest BCUT2D eigenvalue weighted by Gasteiger charge is 2.27. The molecule has 138 valence electrons. The largest absolute Gasteiger partial charge is 0.450 e. The van der Waals surface area contributed by atoms with E-state index < -0.39 is 6.61 Å². The van der Waals surface area contributed by atoms with Gasteiger partial charge in [-0.15, -0.1) is 0 Å². The van der Waals surface area contributed by atoms with Gasteiger partial charge in [-0.1, -0.05) is 12.1 Å². The van der Waals surface area contributed by atoms with E-state index in [0.717, 1.165) is 5.56 Å². The first-order chi connectivity index (χ1) is 12.0. The summed E-state index contributed by atoms with van der Waals surface area (Å²) in [5, 5.41) is 2.90. The molecule has 0 aliphatic carbocycles. The van der Waals surface area contributed by atoms with Gasteiger partial charge in [0.25, 0.3) is 0 Å². The van der Waals surface area contributed by atoms with Crippen molar-refractivity contribution >= 4 is 12.0 Å². The van der Waals surface area contributed by atoms with Crippen LogP contribution in [0, 0.1) is 0 Å². The molecule has 1 aromatic carbocycles. The molecule has 0 radical (unpaired) electrons. The van der Waals surface area contributed by atoms with Gasteiger partial charge in [-0.05, 0) is 37.5 Å². The Labute approximate surface area is 145 Å². The van der Waals surface area contributed by atoms with E-state index in [-0.39, 0.29) is 30.2 Å². The maximum absolute atomic E-state index is 12.1. The van der Waals surface area contributed by atoms with Crippen LogP contribution in [0.5, 0.6) is 5.75 Å².